The number of benzene rings is 2. The maximum atomic E-state index is 11.7. The van der Waals surface area contributed by atoms with E-state index in [1.54, 1.807) is 43.5 Å². The molecule has 29 heavy (non-hydrogen) atoms. The summed E-state index contributed by atoms with van der Waals surface area (Å²) in [6.07, 6.45) is 0. The van der Waals surface area contributed by atoms with Crippen LogP contribution in [0.15, 0.2) is 48.5 Å². The van der Waals surface area contributed by atoms with E-state index in [0.717, 1.165) is 5.75 Å². The van der Waals surface area contributed by atoms with Crippen LogP contribution in [0.4, 0.5) is 0 Å². The standard InChI is InChI=1S/C21H25NO7/c1-3-26-17-8-10-18(11-9-17)27-13-12-22-20(23)14-29-21(24)15-28-19-6-4-16(25-2)5-7-19/h4-11H,3,12-15H2,1-2H3,(H,22,23). The van der Waals surface area contributed by atoms with Crippen LogP contribution in [0.3, 0.4) is 0 Å². The molecular weight excluding hydrogens is 378 g/mol. The molecule has 1 amide bonds. The molecule has 0 fully saturated rings. The number of amides is 1. The quantitative estimate of drug-likeness (QED) is 0.429. The van der Waals surface area contributed by atoms with E-state index in [1.165, 1.54) is 0 Å². The Labute approximate surface area is 169 Å². The summed E-state index contributed by atoms with van der Waals surface area (Å²) in [7, 11) is 1.56. The maximum Gasteiger partial charge on any atom is 0.344 e. The Balaban J connectivity index is 1.55. The zero-order chi connectivity index (χ0) is 20.9. The third kappa shape index (κ3) is 8.42. The number of hydrogen-bond donors (Lipinski definition) is 1. The number of carbonyl (C=O) groups excluding carboxylic acids is 2. The summed E-state index contributed by atoms with van der Waals surface area (Å²) in [5.74, 6) is 1.57. The normalized spacial score (nSPS) is 10.0. The van der Waals surface area contributed by atoms with Gasteiger partial charge in [-0.2, -0.15) is 0 Å². The predicted octanol–water partition coefficient (Wildman–Crippen LogP) is 2.21. The molecule has 1 N–H and O–H groups in total. The highest BCUT2D eigenvalue weighted by Crippen LogP contribution is 2.17. The van der Waals surface area contributed by atoms with Crippen molar-refractivity contribution < 1.29 is 33.3 Å². The van der Waals surface area contributed by atoms with Crippen LogP contribution in [0.2, 0.25) is 0 Å². The lowest BCUT2D eigenvalue weighted by molar-refractivity contribution is -0.150. The zero-order valence-corrected chi connectivity index (χ0v) is 16.5. The van der Waals surface area contributed by atoms with Gasteiger partial charge < -0.3 is 29.0 Å². The Hall–Kier alpha value is -3.42. The lowest BCUT2D eigenvalue weighted by atomic mass is 10.3. The topological polar surface area (TPSA) is 92.3 Å². The number of nitrogens with one attached hydrogen (secondary N) is 1. The molecule has 0 aliphatic carbocycles. The highest BCUT2D eigenvalue weighted by Gasteiger charge is 2.08. The predicted molar refractivity (Wildman–Crippen MR) is 106 cm³/mol. The molecule has 2 aromatic carbocycles. The second-order valence-electron chi connectivity index (χ2n) is 5.73. The summed E-state index contributed by atoms with van der Waals surface area (Å²) in [5.41, 5.74) is 0. The highest BCUT2D eigenvalue weighted by molar-refractivity contribution is 5.80. The van der Waals surface area contributed by atoms with Crippen LogP contribution < -0.4 is 24.3 Å². The molecule has 0 spiro atoms. The van der Waals surface area contributed by atoms with Gasteiger partial charge >= 0.3 is 5.97 Å². The Bertz CT molecular complexity index is 760. The Morgan fingerprint density at radius 2 is 1.34 bits per heavy atom. The third-order valence-electron chi connectivity index (χ3n) is 3.61. The first kappa shape index (κ1) is 21.9. The van der Waals surface area contributed by atoms with Gasteiger partial charge in [-0.1, -0.05) is 0 Å². The molecule has 156 valence electrons. The first-order valence-electron chi connectivity index (χ1n) is 9.15. The minimum Gasteiger partial charge on any atom is -0.497 e. The third-order valence-corrected chi connectivity index (χ3v) is 3.61. The molecule has 0 saturated carbocycles. The molecule has 0 aliphatic heterocycles. The Kier molecular flexibility index (Phi) is 9.14. The molecule has 0 unspecified atom stereocenters. The average Bonchev–Trinajstić information content (AvgIpc) is 2.75. The fraction of sp³-hybridized carbons (Fsp3) is 0.333. The molecule has 0 bridgehead atoms. The van der Waals surface area contributed by atoms with Crippen molar-refractivity contribution in [3.05, 3.63) is 48.5 Å². The van der Waals surface area contributed by atoms with Gasteiger partial charge in [0.25, 0.3) is 5.91 Å². The summed E-state index contributed by atoms with van der Waals surface area (Å²) < 4.78 is 26.0. The van der Waals surface area contributed by atoms with Gasteiger partial charge in [-0.25, -0.2) is 4.79 Å². The molecule has 2 rings (SSSR count). The van der Waals surface area contributed by atoms with Crippen LogP contribution in [-0.2, 0) is 14.3 Å². The molecular formula is C21H25NO7. The van der Waals surface area contributed by atoms with Crippen molar-refractivity contribution in [3.63, 3.8) is 0 Å². The minimum absolute atomic E-state index is 0.284. The average molecular weight is 403 g/mol. The van der Waals surface area contributed by atoms with E-state index in [2.05, 4.69) is 5.32 Å². The Morgan fingerprint density at radius 3 is 1.93 bits per heavy atom. The zero-order valence-electron chi connectivity index (χ0n) is 16.5. The van der Waals surface area contributed by atoms with Crippen LogP contribution in [-0.4, -0.2) is 52.0 Å². The molecule has 8 heteroatoms. The van der Waals surface area contributed by atoms with Crippen molar-refractivity contribution in [2.45, 2.75) is 6.92 Å². The molecule has 8 nitrogen and oxygen atoms in total. The number of ether oxygens (including phenoxy) is 5. The first-order chi connectivity index (χ1) is 14.1. The maximum absolute atomic E-state index is 11.7. The molecule has 0 aliphatic rings. The number of rotatable bonds is 12. The van der Waals surface area contributed by atoms with E-state index in [0.29, 0.717) is 23.9 Å². The van der Waals surface area contributed by atoms with Crippen LogP contribution in [0.5, 0.6) is 23.0 Å². The molecule has 0 atom stereocenters. The van der Waals surface area contributed by atoms with E-state index < -0.39 is 11.9 Å². The van der Waals surface area contributed by atoms with E-state index in [9.17, 15) is 9.59 Å². The summed E-state index contributed by atoms with van der Waals surface area (Å²) in [4.78, 5) is 23.4. The molecule has 2 aromatic rings. The van der Waals surface area contributed by atoms with Crippen molar-refractivity contribution in [1.82, 2.24) is 5.32 Å². The van der Waals surface area contributed by atoms with Crippen molar-refractivity contribution in [2.75, 3.05) is 40.1 Å². The van der Waals surface area contributed by atoms with Crippen molar-refractivity contribution in [2.24, 2.45) is 0 Å². The van der Waals surface area contributed by atoms with Gasteiger partial charge in [0.05, 0.1) is 20.3 Å². The van der Waals surface area contributed by atoms with E-state index >= 15 is 0 Å². The number of esters is 1. The summed E-state index contributed by atoms with van der Waals surface area (Å²) in [6, 6.07) is 14.0. The first-order valence-corrected chi connectivity index (χ1v) is 9.15. The lowest BCUT2D eigenvalue weighted by Crippen LogP contribution is -2.32. The van der Waals surface area contributed by atoms with E-state index in [-0.39, 0.29) is 26.4 Å². The van der Waals surface area contributed by atoms with Gasteiger partial charge in [-0.15, -0.1) is 0 Å². The summed E-state index contributed by atoms with van der Waals surface area (Å²) >= 11 is 0. The van der Waals surface area contributed by atoms with Crippen LogP contribution in [0.25, 0.3) is 0 Å². The van der Waals surface area contributed by atoms with Gasteiger partial charge in [0.2, 0.25) is 0 Å². The van der Waals surface area contributed by atoms with E-state index in [1.807, 2.05) is 19.1 Å². The van der Waals surface area contributed by atoms with Gasteiger partial charge in [-0.3, -0.25) is 4.79 Å². The summed E-state index contributed by atoms with van der Waals surface area (Å²) in [5, 5.41) is 2.61. The van der Waals surface area contributed by atoms with Gasteiger partial charge in [0.1, 0.15) is 29.6 Å². The molecule has 0 heterocycles. The SMILES string of the molecule is CCOc1ccc(OCCNC(=O)COC(=O)COc2ccc(OC)cc2)cc1. The molecule has 0 aromatic heterocycles. The van der Waals surface area contributed by atoms with Crippen molar-refractivity contribution >= 4 is 11.9 Å². The fourth-order valence-electron chi connectivity index (χ4n) is 2.21. The molecule has 0 radical (unpaired) electrons. The summed E-state index contributed by atoms with van der Waals surface area (Å²) in [6.45, 7) is 2.41. The number of methoxy groups -OCH3 is 1. The lowest BCUT2D eigenvalue weighted by Gasteiger charge is -2.10. The number of hydrogen-bond acceptors (Lipinski definition) is 7. The van der Waals surface area contributed by atoms with Gasteiger partial charge in [0.15, 0.2) is 13.2 Å². The van der Waals surface area contributed by atoms with Crippen molar-refractivity contribution in [1.29, 1.82) is 0 Å². The number of carbonyl (C=O) groups is 2. The van der Waals surface area contributed by atoms with Crippen molar-refractivity contribution in [3.8, 4) is 23.0 Å². The monoisotopic (exact) mass is 403 g/mol. The van der Waals surface area contributed by atoms with Gasteiger partial charge in [0, 0.05) is 0 Å². The molecule has 0 saturated heterocycles. The van der Waals surface area contributed by atoms with Crippen LogP contribution in [0.1, 0.15) is 6.92 Å². The smallest absolute Gasteiger partial charge is 0.344 e. The van der Waals surface area contributed by atoms with Crippen LogP contribution >= 0.6 is 0 Å². The largest absolute Gasteiger partial charge is 0.497 e. The minimum atomic E-state index is -0.637. The fourth-order valence-corrected chi connectivity index (χ4v) is 2.21. The van der Waals surface area contributed by atoms with Gasteiger partial charge in [-0.05, 0) is 55.5 Å². The van der Waals surface area contributed by atoms with Crippen LogP contribution in [0, 0.1) is 0 Å². The van der Waals surface area contributed by atoms with E-state index in [4.69, 9.17) is 23.7 Å². The second kappa shape index (κ2) is 12.1. The highest BCUT2D eigenvalue weighted by atomic mass is 16.6. The second-order valence-corrected chi connectivity index (χ2v) is 5.73. The Morgan fingerprint density at radius 1 is 0.793 bits per heavy atom.